The van der Waals surface area contributed by atoms with E-state index in [4.69, 9.17) is 4.74 Å². The van der Waals surface area contributed by atoms with Gasteiger partial charge in [0.2, 0.25) is 21.8 Å². The van der Waals surface area contributed by atoms with E-state index in [0.29, 0.717) is 31.1 Å². The van der Waals surface area contributed by atoms with Crippen molar-refractivity contribution < 1.29 is 22.7 Å². The molecule has 3 fully saturated rings. The summed E-state index contributed by atoms with van der Waals surface area (Å²) in [4.78, 5) is 31.7. The van der Waals surface area contributed by atoms with Gasteiger partial charge in [0.05, 0.1) is 24.0 Å². The van der Waals surface area contributed by atoms with Crippen LogP contribution in [0.4, 0.5) is 0 Å². The first kappa shape index (κ1) is 24.1. The molecule has 1 atom stereocenters. The van der Waals surface area contributed by atoms with E-state index in [1.54, 1.807) is 22.8 Å². The number of ether oxygens (including phenoxy) is 1. The Bertz CT molecular complexity index is 985. The molecule has 3 aliphatic heterocycles. The fourth-order valence-corrected chi connectivity index (χ4v) is 6.50. The van der Waals surface area contributed by atoms with Crippen LogP contribution in [0.5, 0.6) is 0 Å². The van der Waals surface area contributed by atoms with Gasteiger partial charge in [-0.2, -0.15) is 4.31 Å². The van der Waals surface area contributed by atoms with Crippen LogP contribution in [-0.2, 0) is 24.3 Å². The second kappa shape index (κ2) is 10.1. The molecule has 0 aliphatic carbocycles. The number of sulfonamides is 1. The van der Waals surface area contributed by atoms with Crippen LogP contribution in [0.1, 0.15) is 17.5 Å². The highest BCUT2D eigenvalue weighted by atomic mass is 32.2. The van der Waals surface area contributed by atoms with Gasteiger partial charge in [0.25, 0.3) is 0 Å². The number of hydrogen-bond donors (Lipinski definition) is 0. The Labute approximate surface area is 196 Å². The normalized spacial score (nSPS) is 23.3. The summed E-state index contributed by atoms with van der Waals surface area (Å²) in [5, 5.41) is 0. The number of benzene rings is 1. The molecular weight excluding hydrogens is 444 g/mol. The Morgan fingerprint density at radius 2 is 1.73 bits per heavy atom. The number of aryl methyl sites for hydroxylation is 2. The molecule has 2 amide bonds. The van der Waals surface area contributed by atoms with E-state index in [-0.39, 0.29) is 37.2 Å². The van der Waals surface area contributed by atoms with Crippen molar-refractivity contribution >= 4 is 21.8 Å². The van der Waals surface area contributed by atoms with Crippen LogP contribution in [0, 0.1) is 19.8 Å². The topological polar surface area (TPSA) is 90.5 Å². The average Bonchev–Trinajstić information content (AvgIpc) is 3.20. The van der Waals surface area contributed by atoms with E-state index in [2.05, 4.69) is 4.90 Å². The molecule has 1 aromatic carbocycles. The maximum Gasteiger partial charge on any atom is 0.243 e. The molecule has 0 N–H and O–H groups in total. The summed E-state index contributed by atoms with van der Waals surface area (Å²) in [5.41, 5.74) is 1.62. The minimum Gasteiger partial charge on any atom is -0.379 e. The van der Waals surface area contributed by atoms with Crippen molar-refractivity contribution in [3.8, 4) is 0 Å². The Morgan fingerprint density at radius 3 is 2.42 bits per heavy atom. The van der Waals surface area contributed by atoms with E-state index < -0.39 is 10.0 Å². The molecule has 0 bridgehead atoms. The molecule has 182 valence electrons. The van der Waals surface area contributed by atoms with Gasteiger partial charge in [0, 0.05) is 65.3 Å². The molecule has 0 spiro atoms. The smallest absolute Gasteiger partial charge is 0.243 e. The molecule has 3 aliphatic rings. The third-order valence-electron chi connectivity index (χ3n) is 6.87. The van der Waals surface area contributed by atoms with Gasteiger partial charge in [0.1, 0.15) is 0 Å². The van der Waals surface area contributed by atoms with Gasteiger partial charge in [-0.1, -0.05) is 12.1 Å². The van der Waals surface area contributed by atoms with Gasteiger partial charge in [-0.25, -0.2) is 8.42 Å². The maximum atomic E-state index is 13.1. The van der Waals surface area contributed by atoms with Gasteiger partial charge in [0.15, 0.2) is 0 Å². The number of carbonyl (C=O) groups is 2. The standard InChI is InChI=1S/C23H34N4O5S/c1-18-3-4-19(2)21(15-18)33(30,31)27-9-7-25(8-10-27)23(29)20-16-22(28)26(17-20)6-5-24-11-13-32-14-12-24/h3-4,15,20H,5-14,16-17H2,1-2H3/t20-/m0/s1. The second-order valence-corrected chi connectivity index (χ2v) is 11.1. The fraction of sp³-hybridized carbons (Fsp3) is 0.652. The van der Waals surface area contributed by atoms with Crippen molar-refractivity contribution in [1.82, 2.24) is 19.0 Å². The summed E-state index contributed by atoms with van der Waals surface area (Å²) < 4.78 is 33.1. The molecular formula is C23H34N4O5S. The monoisotopic (exact) mass is 478 g/mol. The van der Waals surface area contributed by atoms with E-state index in [0.717, 1.165) is 44.0 Å². The number of likely N-dealkylation sites (tertiary alicyclic amines) is 1. The molecule has 3 saturated heterocycles. The van der Waals surface area contributed by atoms with Gasteiger partial charge in [-0.15, -0.1) is 0 Å². The molecule has 0 radical (unpaired) electrons. The third-order valence-corrected chi connectivity index (χ3v) is 8.91. The lowest BCUT2D eigenvalue weighted by Gasteiger charge is -2.35. The number of rotatable bonds is 6. The first-order valence-electron chi connectivity index (χ1n) is 11.7. The van der Waals surface area contributed by atoms with Crippen LogP contribution in [0.3, 0.4) is 0 Å². The summed E-state index contributed by atoms with van der Waals surface area (Å²) in [6, 6.07) is 5.43. The number of piperazine rings is 1. The van der Waals surface area contributed by atoms with Crippen molar-refractivity contribution in [2.24, 2.45) is 5.92 Å². The van der Waals surface area contributed by atoms with E-state index in [1.807, 2.05) is 19.1 Å². The molecule has 9 nitrogen and oxygen atoms in total. The Kier molecular flexibility index (Phi) is 7.37. The first-order valence-corrected chi connectivity index (χ1v) is 13.1. The van der Waals surface area contributed by atoms with Gasteiger partial charge < -0.3 is 14.5 Å². The Balaban J connectivity index is 1.30. The summed E-state index contributed by atoms with van der Waals surface area (Å²) in [6.45, 7) is 9.98. The predicted molar refractivity (Wildman–Crippen MR) is 123 cm³/mol. The number of amides is 2. The van der Waals surface area contributed by atoms with Gasteiger partial charge >= 0.3 is 0 Å². The van der Waals surface area contributed by atoms with Crippen molar-refractivity contribution in [3.63, 3.8) is 0 Å². The van der Waals surface area contributed by atoms with Crippen LogP contribution >= 0.6 is 0 Å². The number of carbonyl (C=O) groups excluding carboxylic acids is 2. The maximum absolute atomic E-state index is 13.1. The molecule has 10 heteroatoms. The quantitative estimate of drug-likeness (QED) is 0.585. The van der Waals surface area contributed by atoms with Crippen LogP contribution in [-0.4, -0.2) is 111 Å². The van der Waals surface area contributed by atoms with Crippen LogP contribution in [0.15, 0.2) is 23.1 Å². The van der Waals surface area contributed by atoms with E-state index >= 15 is 0 Å². The lowest BCUT2D eigenvalue weighted by Crippen LogP contribution is -2.52. The highest BCUT2D eigenvalue weighted by Crippen LogP contribution is 2.24. The third kappa shape index (κ3) is 5.40. The zero-order valence-corrected chi connectivity index (χ0v) is 20.3. The lowest BCUT2D eigenvalue weighted by atomic mass is 10.1. The van der Waals surface area contributed by atoms with Crippen LogP contribution < -0.4 is 0 Å². The summed E-state index contributed by atoms with van der Waals surface area (Å²) >= 11 is 0. The molecule has 3 heterocycles. The van der Waals surface area contributed by atoms with Crippen molar-refractivity contribution in [2.45, 2.75) is 25.2 Å². The minimum atomic E-state index is -3.60. The number of hydrogen-bond acceptors (Lipinski definition) is 6. The highest BCUT2D eigenvalue weighted by molar-refractivity contribution is 7.89. The van der Waals surface area contributed by atoms with E-state index in [9.17, 15) is 18.0 Å². The minimum absolute atomic E-state index is 0.0257. The molecule has 0 unspecified atom stereocenters. The molecule has 0 saturated carbocycles. The van der Waals surface area contributed by atoms with Crippen molar-refractivity contribution in [2.75, 3.05) is 72.1 Å². The average molecular weight is 479 g/mol. The van der Waals surface area contributed by atoms with Crippen molar-refractivity contribution in [1.29, 1.82) is 0 Å². The number of morpholine rings is 1. The molecule has 0 aromatic heterocycles. The van der Waals surface area contributed by atoms with Crippen LogP contribution in [0.25, 0.3) is 0 Å². The SMILES string of the molecule is Cc1ccc(C)c(S(=O)(=O)N2CCN(C(=O)[C@H]3CC(=O)N(CCN4CCOCC4)C3)CC2)c1. The Hall–Kier alpha value is -2.01. The predicted octanol–water partition coefficient (Wildman–Crippen LogP) is 0.317. The summed E-state index contributed by atoms with van der Waals surface area (Å²) in [7, 11) is -3.60. The zero-order chi connectivity index (χ0) is 23.6. The number of nitrogens with zero attached hydrogens (tertiary/aromatic N) is 4. The molecule has 33 heavy (non-hydrogen) atoms. The fourth-order valence-electron chi connectivity index (χ4n) is 4.77. The van der Waals surface area contributed by atoms with Gasteiger partial charge in [-0.05, 0) is 31.0 Å². The van der Waals surface area contributed by atoms with Crippen molar-refractivity contribution in [3.05, 3.63) is 29.3 Å². The first-order chi connectivity index (χ1) is 15.8. The van der Waals surface area contributed by atoms with E-state index in [1.165, 1.54) is 4.31 Å². The Morgan fingerprint density at radius 1 is 1.03 bits per heavy atom. The second-order valence-electron chi connectivity index (χ2n) is 9.19. The lowest BCUT2D eigenvalue weighted by molar-refractivity contribution is -0.137. The highest BCUT2D eigenvalue weighted by Gasteiger charge is 2.38. The van der Waals surface area contributed by atoms with Crippen LogP contribution in [0.2, 0.25) is 0 Å². The van der Waals surface area contributed by atoms with Gasteiger partial charge in [-0.3, -0.25) is 14.5 Å². The summed E-state index contributed by atoms with van der Waals surface area (Å²) in [5.74, 6) is -0.358. The largest absolute Gasteiger partial charge is 0.379 e. The molecule has 1 aromatic rings. The zero-order valence-electron chi connectivity index (χ0n) is 19.5. The molecule has 4 rings (SSSR count). The summed E-state index contributed by atoms with van der Waals surface area (Å²) in [6.07, 6.45) is 0.239.